The molecular weight excluding hydrogens is 344 g/mol. The fraction of sp³-hybridized carbons (Fsp3) is 0.250. The molecule has 0 spiro atoms. The zero-order chi connectivity index (χ0) is 18.8. The van der Waals surface area contributed by atoms with Gasteiger partial charge in [0.15, 0.2) is 5.76 Å². The Morgan fingerprint density at radius 3 is 2.96 bits per heavy atom. The number of nitrogens with zero attached hydrogens (tertiary/aromatic N) is 4. The highest BCUT2D eigenvalue weighted by Gasteiger charge is 2.36. The summed E-state index contributed by atoms with van der Waals surface area (Å²) in [5, 5.41) is 15.8. The molecular formula is C20H18N4O3. The standard InChI is InChI=1S/C20H18N4O3/c1-23(9-8-21)13-20(25)24-16(18-7-4-10-26-18)12-15(22-24)19-11-14-5-2-3-6-17(14)27-19/h2-7,10-11,16H,9,12-13H2,1H3. The van der Waals surface area contributed by atoms with Gasteiger partial charge in [-0.25, -0.2) is 5.01 Å². The van der Waals surface area contributed by atoms with Gasteiger partial charge < -0.3 is 8.83 Å². The van der Waals surface area contributed by atoms with Crippen LogP contribution in [0.4, 0.5) is 0 Å². The smallest absolute Gasteiger partial charge is 0.257 e. The monoisotopic (exact) mass is 362 g/mol. The Morgan fingerprint density at radius 2 is 2.22 bits per heavy atom. The number of carbonyl (C=O) groups excluding carboxylic acids is 1. The zero-order valence-electron chi connectivity index (χ0n) is 14.8. The van der Waals surface area contributed by atoms with Crippen LogP contribution in [0.25, 0.3) is 11.0 Å². The average Bonchev–Trinajstić information content (AvgIpc) is 3.39. The fourth-order valence-electron chi connectivity index (χ4n) is 3.20. The van der Waals surface area contributed by atoms with Crippen LogP contribution in [-0.2, 0) is 4.79 Å². The van der Waals surface area contributed by atoms with Crippen LogP contribution in [0.2, 0.25) is 0 Å². The molecule has 27 heavy (non-hydrogen) atoms. The summed E-state index contributed by atoms with van der Waals surface area (Å²) in [6, 6.07) is 15.0. The Hall–Kier alpha value is -3.37. The summed E-state index contributed by atoms with van der Waals surface area (Å²) < 4.78 is 11.4. The van der Waals surface area contributed by atoms with Gasteiger partial charge in [-0.05, 0) is 31.3 Å². The van der Waals surface area contributed by atoms with Crippen molar-refractivity contribution in [2.24, 2.45) is 5.10 Å². The molecule has 0 saturated heterocycles. The second-order valence-electron chi connectivity index (χ2n) is 6.50. The van der Waals surface area contributed by atoms with Crippen molar-refractivity contribution in [1.82, 2.24) is 9.91 Å². The van der Waals surface area contributed by atoms with Gasteiger partial charge in [0.1, 0.15) is 23.1 Å². The molecule has 1 amide bonds. The maximum absolute atomic E-state index is 12.8. The average molecular weight is 362 g/mol. The van der Waals surface area contributed by atoms with Crippen LogP contribution in [-0.4, -0.2) is 41.7 Å². The van der Waals surface area contributed by atoms with Gasteiger partial charge in [-0.3, -0.25) is 9.69 Å². The van der Waals surface area contributed by atoms with Gasteiger partial charge in [0.05, 0.1) is 25.4 Å². The number of para-hydroxylation sites is 1. The number of hydrogen-bond acceptors (Lipinski definition) is 6. The van der Waals surface area contributed by atoms with Crippen molar-refractivity contribution in [3.63, 3.8) is 0 Å². The minimum Gasteiger partial charge on any atom is -0.467 e. The maximum Gasteiger partial charge on any atom is 0.257 e. The van der Waals surface area contributed by atoms with Crippen LogP contribution >= 0.6 is 0 Å². The van der Waals surface area contributed by atoms with Crippen LogP contribution in [0.1, 0.15) is 24.0 Å². The van der Waals surface area contributed by atoms with E-state index in [4.69, 9.17) is 14.1 Å². The Bertz CT molecular complexity index is 996. The minimum atomic E-state index is -0.328. The van der Waals surface area contributed by atoms with E-state index in [2.05, 4.69) is 5.10 Å². The molecule has 0 aliphatic carbocycles. The zero-order valence-corrected chi connectivity index (χ0v) is 14.8. The number of carbonyl (C=O) groups is 1. The third-order valence-electron chi connectivity index (χ3n) is 4.49. The SMILES string of the molecule is CN(CC#N)CC(=O)N1N=C(c2cc3ccccc3o2)CC1c1ccco1. The molecule has 0 fully saturated rings. The second kappa shape index (κ2) is 7.09. The summed E-state index contributed by atoms with van der Waals surface area (Å²) in [4.78, 5) is 14.4. The summed E-state index contributed by atoms with van der Waals surface area (Å²) >= 11 is 0. The van der Waals surface area contributed by atoms with Gasteiger partial charge >= 0.3 is 0 Å². The molecule has 0 saturated carbocycles. The molecule has 0 radical (unpaired) electrons. The van der Waals surface area contributed by atoms with Crippen molar-refractivity contribution in [2.75, 3.05) is 20.1 Å². The van der Waals surface area contributed by atoms with Crippen molar-refractivity contribution in [3.8, 4) is 6.07 Å². The molecule has 7 heteroatoms. The van der Waals surface area contributed by atoms with Crippen LogP contribution in [0.15, 0.2) is 62.7 Å². The van der Waals surface area contributed by atoms with Gasteiger partial charge in [0.2, 0.25) is 0 Å². The van der Waals surface area contributed by atoms with Gasteiger partial charge in [0, 0.05) is 11.8 Å². The van der Waals surface area contributed by atoms with Gasteiger partial charge in [-0.1, -0.05) is 18.2 Å². The summed E-state index contributed by atoms with van der Waals surface area (Å²) in [6.45, 7) is 0.271. The molecule has 3 heterocycles. The summed E-state index contributed by atoms with van der Waals surface area (Å²) in [5.41, 5.74) is 1.48. The van der Waals surface area contributed by atoms with Gasteiger partial charge in [-0.15, -0.1) is 0 Å². The molecule has 136 valence electrons. The Morgan fingerprint density at radius 1 is 1.37 bits per heavy atom. The van der Waals surface area contributed by atoms with Gasteiger partial charge in [0.25, 0.3) is 5.91 Å². The van der Waals surface area contributed by atoms with Crippen molar-refractivity contribution in [2.45, 2.75) is 12.5 Å². The number of rotatable bonds is 5. The predicted molar refractivity (Wildman–Crippen MR) is 98.8 cm³/mol. The minimum absolute atomic E-state index is 0.0989. The summed E-state index contributed by atoms with van der Waals surface area (Å²) in [7, 11) is 1.73. The molecule has 3 aromatic rings. The summed E-state index contributed by atoms with van der Waals surface area (Å²) in [5.74, 6) is 1.12. The highest BCUT2D eigenvalue weighted by Crippen LogP contribution is 2.34. The fourth-order valence-corrected chi connectivity index (χ4v) is 3.20. The van der Waals surface area contributed by atoms with Crippen molar-refractivity contribution in [1.29, 1.82) is 5.26 Å². The summed E-state index contributed by atoms with van der Waals surface area (Å²) in [6.07, 6.45) is 2.08. The molecule has 1 unspecified atom stereocenters. The molecule has 0 bridgehead atoms. The number of amides is 1. The first-order valence-corrected chi connectivity index (χ1v) is 8.63. The molecule has 1 aliphatic rings. The number of hydrogen-bond donors (Lipinski definition) is 0. The number of fused-ring (bicyclic) bond motifs is 1. The van der Waals surface area contributed by atoms with Crippen LogP contribution in [0.3, 0.4) is 0 Å². The normalized spacial score (nSPS) is 16.7. The first kappa shape index (κ1) is 17.1. The number of hydrazone groups is 1. The second-order valence-corrected chi connectivity index (χ2v) is 6.50. The Balaban J connectivity index is 1.64. The van der Waals surface area contributed by atoms with Crippen LogP contribution in [0.5, 0.6) is 0 Å². The highest BCUT2D eigenvalue weighted by atomic mass is 16.3. The maximum atomic E-state index is 12.8. The van der Waals surface area contributed by atoms with E-state index in [0.717, 1.165) is 11.0 Å². The molecule has 7 nitrogen and oxygen atoms in total. The lowest BCUT2D eigenvalue weighted by molar-refractivity contribution is -0.134. The topological polar surface area (TPSA) is 86.0 Å². The van der Waals surface area contributed by atoms with E-state index < -0.39 is 0 Å². The van der Waals surface area contributed by atoms with Crippen LogP contribution in [0, 0.1) is 11.3 Å². The Labute approximate surface area is 156 Å². The third kappa shape index (κ3) is 3.35. The first-order valence-electron chi connectivity index (χ1n) is 8.63. The number of likely N-dealkylation sites (N-methyl/N-ethyl adjacent to an activating group) is 1. The van der Waals surface area contributed by atoms with E-state index in [0.29, 0.717) is 23.7 Å². The number of nitriles is 1. The van der Waals surface area contributed by atoms with Crippen molar-refractivity contribution in [3.05, 3.63) is 60.2 Å². The lowest BCUT2D eigenvalue weighted by Gasteiger charge is -2.22. The highest BCUT2D eigenvalue weighted by molar-refractivity contribution is 6.03. The van der Waals surface area contributed by atoms with Gasteiger partial charge in [-0.2, -0.15) is 10.4 Å². The lowest BCUT2D eigenvalue weighted by atomic mass is 10.1. The van der Waals surface area contributed by atoms with E-state index >= 15 is 0 Å². The lowest BCUT2D eigenvalue weighted by Crippen LogP contribution is -2.36. The Kier molecular flexibility index (Phi) is 4.48. The van der Waals surface area contributed by atoms with E-state index in [1.54, 1.807) is 24.3 Å². The van der Waals surface area contributed by atoms with E-state index in [1.807, 2.05) is 42.5 Å². The quantitative estimate of drug-likeness (QED) is 0.651. The molecule has 1 atom stereocenters. The largest absolute Gasteiger partial charge is 0.467 e. The van der Waals surface area contributed by atoms with Crippen LogP contribution < -0.4 is 0 Å². The molecule has 0 N–H and O–H groups in total. The van der Waals surface area contributed by atoms with E-state index in [-0.39, 0.29) is 25.0 Å². The molecule has 1 aromatic carbocycles. The molecule has 4 rings (SSSR count). The van der Waals surface area contributed by atoms with Crippen molar-refractivity contribution < 1.29 is 13.6 Å². The van der Waals surface area contributed by atoms with Crippen molar-refractivity contribution >= 4 is 22.6 Å². The number of benzene rings is 1. The van der Waals surface area contributed by atoms with E-state index in [9.17, 15) is 4.79 Å². The number of furan rings is 2. The third-order valence-corrected chi connectivity index (χ3v) is 4.49. The molecule has 1 aliphatic heterocycles. The predicted octanol–water partition coefficient (Wildman–Crippen LogP) is 3.16. The van der Waals surface area contributed by atoms with E-state index in [1.165, 1.54) is 5.01 Å². The first-order chi connectivity index (χ1) is 13.2. The molecule has 2 aromatic heterocycles.